The molecule has 0 bridgehead atoms. The molecule has 1 aromatic carbocycles. The number of nitrogens with zero attached hydrogens (tertiary/aromatic N) is 2. The number of para-hydroxylation sites is 1. The van der Waals surface area contributed by atoms with Crippen molar-refractivity contribution >= 4 is 11.7 Å². The third-order valence-electron chi connectivity index (χ3n) is 4.13. The van der Waals surface area contributed by atoms with E-state index in [1.54, 1.807) is 12.1 Å². The van der Waals surface area contributed by atoms with Gasteiger partial charge in [0.1, 0.15) is 11.9 Å². The van der Waals surface area contributed by atoms with E-state index in [0.29, 0.717) is 17.7 Å². The maximum absolute atomic E-state index is 11.3. The van der Waals surface area contributed by atoms with Crippen molar-refractivity contribution in [3.05, 3.63) is 58.3 Å². The Bertz CT molecular complexity index is 780. The number of carboxylic acid groups (broad SMARTS) is 1. The highest BCUT2D eigenvalue weighted by Crippen LogP contribution is 2.25. The summed E-state index contributed by atoms with van der Waals surface area (Å²) < 4.78 is 5.65. The van der Waals surface area contributed by atoms with Gasteiger partial charge in [-0.1, -0.05) is 32.0 Å². The lowest BCUT2D eigenvalue weighted by atomic mass is 9.99. The molecule has 0 aliphatic carbocycles. The van der Waals surface area contributed by atoms with Crippen LogP contribution >= 0.6 is 0 Å². The Morgan fingerprint density at radius 2 is 2.04 bits per heavy atom. The number of hydrogen-bond acceptors (Lipinski definition) is 6. The van der Waals surface area contributed by atoms with E-state index < -0.39 is 10.9 Å². The number of ether oxygens (including phenoxy) is 1. The van der Waals surface area contributed by atoms with Gasteiger partial charge in [0.05, 0.1) is 10.5 Å². The first-order valence-electron chi connectivity index (χ1n) is 8.68. The molecule has 0 spiro atoms. The Kier molecular flexibility index (Phi) is 7.25. The van der Waals surface area contributed by atoms with Crippen LogP contribution in [0, 0.1) is 16.0 Å². The van der Waals surface area contributed by atoms with Crippen LogP contribution in [0.2, 0.25) is 0 Å². The number of nitro groups is 1. The number of rotatable bonds is 10. The smallest absolute Gasteiger partial charge is 0.303 e. The molecule has 1 atom stereocenters. The number of carboxylic acids is 1. The highest BCUT2D eigenvalue weighted by atomic mass is 16.6. The summed E-state index contributed by atoms with van der Waals surface area (Å²) in [5.41, 5.74) is 0.325. The molecule has 8 heteroatoms. The molecule has 2 aromatic rings. The predicted octanol–water partition coefficient (Wildman–Crippen LogP) is 3.76. The fourth-order valence-corrected chi connectivity index (χ4v) is 2.63. The summed E-state index contributed by atoms with van der Waals surface area (Å²) >= 11 is 0. The monoisotopic (exact) mass is 373 g/mol. The van der Waals surface area contributed by atoms with E-state index in [1.807, 2.05) is 32.0 Å². The first-order chi connectivity index (χ1) is 12.9. The molecule has 144 valence electrons. The van der Waals surface area contributed by atoms with Gasteiger partial charge in [0.25, 0.3) is 5.69 Å². The standard InChI is InChI=1S/C19H23N3O5/c1-13(2)16(8-9-19(23)24)20-11-14-10-18(21-12-17(14)22(25)26)27-15-6-4-3-5-7-15/h3-7,10,12-13,16,20H,8-9,11H2,1-2H3,(H,23,24)/t16-/m0/s1. The number of pyridine rings is 1. The van der Waals surface area contributed by atoms with Crippen molar-refractivity contribution in [3.8, 4) is 11.6 Å². The fourth-order valence-electron chi connectivity index (χ4n) is 2.63. The Morgan fingerprint density at radius 1 is 1.33 bits per heavy atom. The van der Waals surface area contributed by atoms with Gasteiger partial charge in [-0.05, 0) is 24.5 Å². The van der Waals surface area contributed by atoms with Crippen molar-refractivity contribution in [3.63, 3.8) is 0 Å². The molecule has 8 nitrogen and oxygen atoms in total. The molecule has 27 heavy (non-hydrogen) atoms. The summed E-state index contributed by atoms with van der Waals surface area (Å²) in [5, 5.41) is 23.4. The predicted molar refractivity (Wildman–Crippen MR) is 99.7 cm³/mol. The minimum absolute atomic E-state index is 0.0383. The lowest BCUT2D eigenvalue weighted by Gasteiger charge is -2.22. The number of carbonyl (C=O) groups is 1. The van der Waals surface area contributed by atoms with E-state index >= 15 is 0 Å². The number of hydrogen-bond donors (Lipinski definition) is 2. The largest absolute Gasteiger partial charge is 0.481 e. The van der Waals surface area contributed by atoms with Crippen LogP contribution in [0.25, 0.3) is 0 Å². The maximum atomic E-state index is 11.3. The molecule has 0 unspecified atom stereocenters. The van der Waals surface area contributed by atoms with Gasteiger partial charge in [0, 0.05) is 25.1 Å². The molecule has 0 fully saturated rings. The second kappa shape index (κ2) is 9.63. The van der Waals surface area contributed by atoms with Crippen molar-refractivity contribution in [2.75, 3.05) is 0 Å². The molecule has 0 saturated carbocycles. The number of nitrogens with one attached hydrogen (secondary N) is 1. The normalized spacial score (nSPS) is 12.0. The highest BCUT2D eigenvalue weighted by molar-refractivity contribution is 5.66. The van der Waals surface area contributed by atoms with Crippen LogP contribution in [0.15, 0.2) is 42.6 Å². The van der Waals surface area contributed by atoms with Crippen molar-refractivity contribution in [1.82, 2.24) is 10.3 Å². The topological polar surface area (TPSA) is 115 Å². The molecule has 1 aromatic heterocycles. The third kappa shape index (κ3) is 6.34. The van der Waals surface area contributed by atoms with Gasteiger partial charge in [-0.25, -0.2) is 4.98 Å². The molecule has 2 N–H and O–H groups in total. The van der Waals surface area contributed by atoms with Crippen molar-refractivity contribution in [1.29, 1.82) is 0 Å². The number of benzene rings is 1. The summed E-state index contributed by atoms with van der Waals surface area (Å²) in [6.45, 7) is 4.17. The molecule has 1 heterocycles. The zero-order valence-corrected chi connectivity index (χ0v) is 15.3. The van der Waals surface area contributed by atoms with Gasteiger partial charge in [-0.3, -0.25) is 14.9 Å². The highest BCUT2D eigenvalue weighted by Gasteiger charge is 2.19. The summed E-state index contributed by atoms with van der Waals surface area (Å²) in [5.74, 6) is 0.163. The number of aliphatic carboxylic acids is 1. The SMILES string of the molecule is CC(C)[C@H](CCC(=O)O)NCc1cc(Oc2ccccc2)ncc1[N+](=O)[O-]. The van der Waals surface area contributed by atoms with Crippen LogP contribution in [0.1, 0.15) is 32.3 Å². The maximum Gasteiger partial charge on any atom is 0.303 e. The van der Waals surface area contributed by atoms with Crippen LogP contribution in [-0.4, -0.2) is 27.0 Å². The van der Waals surface area contributed by atoms with Crippen molar-refractivity contribution < 1.29 is 19.6 Å². The average Bonchev–Trinajstić information content (AvgIpc) is 2.62. The molecule has 2 rings (SSSR count). The molecule has 0 aliphatic heterocycles. The Balaban J connectivity index is 2.15. The minimum atomic E-state index is -0.865. The second-order valence-corrected chi connectivity index (χ2v) is 6.49. The first kappa shape index (κ1) is 20.3. The van der Waals surface area contributed by atoms with Gasteiger partial charge in [0.15, 0.2) is 0 Å². The Morgan fingerprint density at radius 3 is 2.63 bits per heavy atom. The van der Waals surface area contributed by atoms with E-state index in [0.717, 1.165) is 0 Å². The van der Waals surface area contributed by atoms with Crippen LogP contribution in [0.5, 0.6) is 11.6 Å². The van der Waals surface area contributed by atoms with Crippen LogP contribution in [-0.2, 0) is 11.3 Å². The van der Waals surface area contributed by atoms with E-state index in [1.165, 1.54) is 12.3 Å². The van der Waals surface area contributed by atoms with E-state index in [-0.39, 0.29) is 36.5 Å². The minimum Gasteiger partial charge on any atom is -0.481 e. The lowest BCUT2D eigenvalue weighted by molar-refractivity contribution is -0.386. The summed E-state index contributed by atoms with van der Waals surface area (Å²) in [4.78, 5) is 25.6. The molecule has 0 amide bonds. The van der Waals surface area contributed by atoms with Gasteiger partial charge in [0.2, 0.25) is 5.88 Å². The second-order valence-electron chi connectivity index (χ2n) is 6.49. The van der Waals surface area contributed by atoms with Crippen LogP contribution in [0.3, 0.4) is 0 Å². The fraction of sp³-hybridized carbons (Fsp3) is 0.368. The van der Waals surface area contributed by atoms with Crippen molar-refractivity contribution in [2.45, 2.75) is 39.3 Å². The van der Waals surface area contributed by atoms with Gasteiger partial charge in [-0.15, -0.1) is 0 Å². The van der Waals surface area contributed by atoms with Gasteiger partial charge < -0.3 is 15.2 Å². The first-order valence-corrected chi connectivity index (χ1v) is 8.68. The summed E-state index contributed by atoms with van der Waals surface area (Å²) in [6, 6.07) is 10.5. The molecule has 0 saturated heterocycles. The number of aromatic nitrogens is 1. The Labute approximate surface area is 157 Å². The summed E-state index contributed by atoms with van der Waals surface area (Å²) in [6.07, 6.45) is 1.66. The van der Waals surface area contributed by atoms with E-state index in [4.69, 9.17) is 9.84 Å². The van der Waals surface area contributed by atoms with Gasteiger partial charge in [-0.2, -0.15) is 0 Å². The van der Waals surface area contributed by atoms with Gasteiger partial charge >= 0.3 is 5.97 Å². The van der Waals surface area contributed by atoms with Crippen LogP contribution in [0.4, 0.5) is 5.69 Å². The Hall–Kier alpha value is -3.00. The lowest BCUT2D eigenvalue weighted by Crippen LogP contribution is -2.34. The third-order valence-corrected chi connectivity index (χ3v) is 4.13. The molecule has 0 radical (unpaired) electrons. The van der Waals surface area contributed by atoms with E-state index in [2.05, 4.69) is 10.3 Å². The quantitative estimate of drug-likeness (QED) is 0.481. The summed E-state index contributed by atoms with van der Waals surface area (Å²) in [7, 11) is 0. The van der Waals surface area contributed by atoms with Crippen molar-refractivity contribution in [2.24, 2.45) is 5.92 Å². The average molecular weight is 373 g/mol. The van der Waals surface area contributed by atoms with Crippen LogP contribution < -0.4 is 10.1 Å². The molecular weight excluding hydrogens is 350 g/mol. The molecule has 0 aliphatic rings. The van der Waals surface area contributed by atoms with E-state index in [9.17, 15) is 14.9 Å². The zero-order valence-electron chi connectivity index (χ0n) is 15.3. The zero-order chi connectivity index (χ0) is 19.8. The molecular formula is C19H23N3O5.